The number of sulfonamides is 1. The highest BCUT2D eigenvalue weighted by atomic mass is 79.9. The van der Waals surface area contributed by atoms with Crippen LogP contribution < -0.4 is 5.73 Å². The molecular weight excluding hydrogens is 328 g/mol. The molecule has 0 spiro atoms. The van der Waals surface area contributed by atoms with E-state index in [1.54, 1.807) is 22.5 Å². The second-order valence-electron chi connectivity index (χ2n) is 4.94. The monoisotopic (exact) mass is 346 g/mol. The van der Waals surface area contributed by atoms with Crippen molar-refractivity contribution in [3.05, 3.63) is 22.7 Å². The van der Waals surface area contributed by atoms with Crippen molar-refractivity contribution in [2.45, 2.75) is 31.1 Å². The van der Waals surface area contributed by atoms with E-state index in [-0.39, 0.29) is 0 Å². The molecule has 1 saturated heterocycles. The van der Waals surface area contributed by atoms with Gasteiger partial charge in [-0.2, -0.15) is 4.31 Å². The van der Waals surface area contributed by atoms with Crippen LogP contribution in [0.4, 0.5) is 5.69 Å². The first kappa shape index (κ1) is 14.8. The number of nitrogen functional groups attached to an aromatic ring is 1. The van der Waals surface area contributed by atoms with E-state index in [1.807, 2.05) is 0 Å². The first-order valence-corrected chi connectivity index (χ1v) is 8.73. The Bertz CT molecular complexity index is 552. The maximum Gasteiger partial charge on any atom is 0.243 e. The van der Waals surface area contributed by atoms with E-state index >= 15 is 0 Å². The summed E-state index contributed by atoms with van der Waals surface area (Å²) in [6, 6.07) is 4.77. The summed E-state index contributed by atoms with van der Waals surface area (Å²) in [4.78, 5) is 0.309. The Kier molecular flexibility index (Phi) is 4.53. The van der Waals surface area contributed by atoms with Crippen LogP contribution in [-0.4, -0.2) is 25.8 Å². The van der Waals surface area contributed by atoms with E-state index in [1.165, 1.54) is 0 Å². The van der Waals surface area contributed by atoms with Crippen molar-refractivity contribution in [2.24, 2.45) is 5.92 Å². The molecule has 1 aliphatic rings. The van der Waals surface area contributed by atoms with Gasteiger partial charge in [0, 0.05) is 23.2 Å². The number of halogens is 1. The molecule has 0 radical (unpaired) electrons. The molecule has 4 nitrogen and oxygen atoms in total. The molecule has 2 rings (SSSR count). The normalized spacial score (nSPS) is 18.6. The van der Waals surface area contributed by atoms with Crippen molar-refractivity contribution >= 4 is 31.6 Å². The van der Waals surface area contributed by atoms with Gasteiger partial charge in [0.05, 0.1) is 4.90 Å². The summed E-state index contributed by atoms with van der Waals surface area (Å²) in [7, 11) is -3.39. The number of nitrogens with two attached hydrogens (primary N) is 1. The number of hydrogen-bond acceptors (Lipinski definition) is 3. The van der Waals surface area contributed by atoms with Crippen molar-refractivity contribution < 1.29 is 8.42 Å². The van der Waals surface area contributed by atoms with Crippen LogP contribution in [0.3, 0.4) is 0 Å². The Hall–Kier alpha value is -0.590. The van der Waals surface area contributed by atoms with Gasteiger partial charge in [0.2, 0.25) is 10.0 Å². The van der Waals surface area contributed by atoms with Crippen molar-refractivity contribution in [1.82, 2.24) is 4.31 Å². The van der Waals surface area contributed by atoms with Gasteiger partial charge in [0.15, 0.2) is 0 Å². The Morgan fingerprint density at radius 1 is 1.37 bits per heavy atom. The Labute approximate surface area is 123 Å². The van der Waals surface area contributed by atoms with E-state index in [2.05, 4.69) is 22.9 Å². The summed E-state index contributed by atoms with van der Waals surface area (Å²) in [5, 5.41) is 0. The lowest BCUT2D eigenvalue weighted by molar-refractivity contribution is 0.269. The molecule has 1 aliphatic heterocycles. The predicted octanol–water partition coefficient (Wildman–Crippen LogP) is 2.84. The highest BCUT2D eigenvalue weighted by molar-refractivity contribution is 9.10. The zero-order valence-corrected chi connectivity index (χ0v) is 13.4. The third kappa shape index (κ3) is 3.12. The van der Waals surface area contributed by atoms with Gasteiger partial charge in [-0.3, -0.25) is 0 Å². The molecule has 0 bridgehead atoms. The van der Waals surface area contributed by atoms with Gasteiger partial charge in [0.25, 0.3) is 0 Å². The summed E-state index contributed by atoms with van der Waals surface area (Å²) in [5.74, 6) is 0.657. The molecule has 1 fully saturated rings. The molecule has 1 heterocycles. The summed E-state index contributed by atoms with van der Waals surface area (Å²) < 4.78 is 27.2. The fourth-order valence-corrected chi connectivity index (χ4v) is 4.40. The number of anilines is 1. The van der Waals surface area contributed by atoms with Gasteiger partial charge in [-0.25, -0.2) is 8.42 Å². The van der Waals surface area contributed by atoms with Crippen LogP contribution in [-0.2, 0) is 10.0 Å². The SMILES string of the molecule is CCC1CCN(S(=O)(=O)c2ccc(N)c(Br)c2)CC1. The van der Waals surface area contributed by atoms with Crippen molar-refractivity contribution in [3.63, 3.8) is 0 Å². The highest BCUT2D eigenvalue weighted by Crippen LogP contribution is 2.28. The van der Waals surface area contributed by atoms with E-state index < -0.39 is 10.0 Å². The molecule has 0 saturated carbocycles. The number of piperidine rings is 1. The van der Waals surface area contributed by atoms with Gasteiger partial charge in [-0.15, -0.1) is 0 Å². The molecule has 1 aromatic rings. The van der Waals surface area contributed by atoms with Crippen LogP contribution in [0.2, 0.25) is 0 Å². The van der Waals surface area contributed by atoms with E-state index in [4.69, 9.17) is 5.73 Å². The Morgan fingerprint density at radius 3 is 2.53 bits per heavy atom. The minimum absolute atomic E-state index is 0.309. The van der Waals surface area contributed by atoms with E-state index in [0.29, 0.717) is 34.1 Å². The average Bonchev–Trinajstić information content (AvgIpc) is 2.41. The van der Waals surface area contributed by atoms with Gasteiger partial charge < -0.3 is 5.73 Å². The lowest BCUT2D eigenvalue weighted by Gasteiger charge is -2.30. The number of hydrogen-bond donors (Lipinski definition) is 1. The third-order valence-corrected chi connectivity index (χ3v) is 6.34. The minimum atomic E-state index is -3.39. The molecule has 1 aromatic carbocycles. The molecule has 19 heavy (non-hydrogen) atoms. The molecule has 0 aromatic heterocycles. The average molecular weight is 347 g/mol. The minimum Gasteiger partial charge on any atom is -0.398 e. The molecule has 2 N–H and O–H groups in total. The maximum absolute atomic E-state index is 12.5. The fraction of sp³-hybridized carbons (Fsp3) is 0.538. The topological polar surface area (TPSA) is 63.4 Å². The van der Waals surface area contributed by atoms with Crippen LogP contribution in [0.5, 0.6) is 0 Å². The highest BCUT2D eigenvalue weighted by Gasteiger charge is 2.28. The summed E-state index contributed by atoms with van der Waals surface area (Å²) in [5.41, 5.74) is 6.24. The van der Waals surface area contributed by atoms with E-state index in [0.717, 1.165) is 19.3 Å². The van der Waals surface area contributed by atoms with Crippen LogP contribution in [0.25, 0.3) is 0 Å². The standard InChI is InChI=1S/C13H19BrN2O2S/c1-2-10-5-7-16(8-6-10)19(17,18)11-3-4-13(15)12(14)9-11/h3-4,9-10H,2,5-8,15H2,1H3. The zero-order valence-electron chi connectivity index (χ0n) is 11.0. The molecule has 6 heteroatoms. The van der Waals surface area contributed by atoms with Crippen LogP contribution in [0.1, 0.15) is 26.2 Å². The molecule has 0 aliphatic carbocycles. The molecule has 0 unspecified atom stereocenters. The number of nitrogens with zero attached hydrogens (tertiary/aromatic N) is 1. The van der Waals surface area contributed by atoms with Gasteiger partial charge >= 0.3 is 0 Å². The van der Waals surface area contributed by atoms with Gasteiger partial charge in [0.1, 0.15) is 0 Å². The Balaban J connectivity index is 2.21. The second kappa shape index (κ2) is 5.81. The number of benzene rings is 1. The first-order valence-electron chi connectivity index (χ1n) is 6.50. The summed E-state index contributed by atoms with van der Waals surface area (Å²) in [6.07, 6.45) is 3.03. The lowest BCUT2D eigenvalue weighted by atomic mass is 9.96. The second-order valence-corrected chi connectivity index (χ2v) is 7.73. The molecule has 0 amide bonds. The van der Waals surface area contributed by atoms with Gasteiger partial charge in [-0.1, -0.05) is 13.3 Å². The van der Waals surface area contributed by atoms with Crippen LogP contribution in [0.15, 0.2) is 27.6 Å². The summed E-state index contributed by atoms with van der Waals surface area (Å²) in [6.45, 7) is 3.39. The van der Waals surface area contributed by atoms with Crippen LogP contribution in [0, 0.1) is 5.92 Å². The number of rotatable bonds is 3. The van der Waals surface area contributed by atoms with E-state index in [9.17, 15) is 8.42 Å². The maximum atomic E-state index is 12.5. The third-order valence-electron chi connectivity index (χ3n) is 3.76. The van der Waals surface area contributed by atoms with Crippen LogP contribution >= 0.6 is 15.9 Å². The van der Waals surface area contributed by atoms with Gasteiger partial charge in [-0.05, 0) is 52.9 Å². The summed E-state index contributed by atoms with van der Waals surface area (Å²) >= 11 is 3.28. The molecular formula is C13H19BrN2O2S. The smallest absolute Gasteiger partial charge is 0.243 e. The molecule has 0 atom stereocenters. The Morgan fingerprint density at radius 2 is 2.00 bits per heavy atom. The zero-order chi connectivity index (χ0) is 14.0. The first-order chi connectivity index (χ1) is 8.95. The van der Waals surface area contributed by atoms with Crippen molar-refractivity contribution in [2.75, 3.05) is 18.8 Å². The lowest BCUT2D eigenvalue weighted by Crippen LogP contribution is -2.38. The quantitative estimate of drug-likeness (QED) is 0.856. The molecule has 106 valence electrons. The predicted molar refractivity (Wildman–Crippen MR) is 80.3 cm³/mol. The largest absolute Gasteiger partial charge is 0.398 e. The van der Waals surface area contributed by atoms with Crippen molar-refractivity contribution in [1.29, 1.82) is 0 Å². The fourth-order valence-electron chi connectivity index (χ4n) is 2.38. The van der Waals surface area contributed by atoms with Crippen molar-refractivity contribution in [3.8, 4) is 0 Å².